The summed E-state index contributed by atoms with van der Waals surface area (Å²) in [6.45, 7) is 6.80. The van der Waals surface area contributed by atoms with Crippen LogP contribution in [0.2, 0.25) is 0 Å². The molecule has 3 aromatic rings. The van der Waals surface area contributed by atoms with Crippen molar-refractivity contribution in [2.45, 2.75) is 45.9 Å². The number of carbonyl (C=O) groups is 2. The molecular formula is C31H31BrN2O4. The number of Topliss-reactive ketones (excluding diaryl/α,β-unsaturated/α-hetero) is 1. The second kappa shape index (κ2) is 11.5. The van der Waals surface area contributed by atoms with Gasteiger partial charge in [-0.05, 0) is 79.8 Å². The molecule has 3 aromatic carbocycles. The monoisotopic (exact) mass is 574 g/mol. The van der Waals surface area contributed by atoms with Crippen LogP contribution in [0.3, 0.4) is 0 Å². The minimum atomic E-state index is -0.124. The molecule has 0 unspecified atom stereocenters. The van der Waals surface area contributed by atoms with Crippen molar-refractivity contribution in [3.63, 3.8) is 0 Å². The smallest absolute Gasteiger partial charge is 0.251 e. The van der Waals surface area contributed by atoms with Gasteiger partial charge in [0.2, 0.25) is 5.78 Å². The number of amides is 1. The Morgan fingerprint density at radius 3 is 2.47 bits per heavy atom. The fourth-order valence-corrected chi connectivity index (χ4v) is 5.15. The van der Waals surface area contributed by atoms with Crippen molar-refractivity contribution >= 4 is 27.6 Å². The number of likely N-dealkylation sites (tertiary alicyclic amines) is 1. The summed E-state index contributed by atoms with van der Waals surface area (Å²) in [5, 5.41) is 3.18. The molecule has 38 heavy (non-hydrogen) atoms. The zero-order valence-electron chi connectivity index (χ0n) is 21.6. The van der Waals surface area contributed by atoms with Crippen LogP contribution in [0.25, 0.3) is 0 Å². The molecule has 0 aromatic heterocycles. The van der Waals surface area contributed by atoms with E-state index in [1.54, 1.807) is 6.07 Å². The number of fused-ring (bicyclic) bond motifs is 1. The molecular weight excluding hydrogens is 544 g/mol. The molecule has 5 rings (SSSR count). The number of piperidine rings is 1. The van der Waals surface area contributed by atoms with E-state index in [4.69, 9.17) is 9.47 Å². The van der Waals surface area contributed by atoms with E-state index in [0.29, 0.717) is 35.0 Å². The summed E-state index contributed by atoms with van der Waals surface area (Å²) in [6.07, 6.45) is 1.85. The third-order valence-electron chi connectivity index (χ3n) is 6.91. The number of halogens is 1. The summed E-state index contributed by atoms with van der Waals surface area (Å²) in [5.74, 6) is 1.34. The number of allylic oxidation sites excluding steroid dienone is 2. The second-order valence-electron chi connectivity index (χ2n) is 10.0. The first-order chi connectivity index (χ1) is 18.4. The summed E-state index contributed by atoms with van der Waals surface area (Å²) < 4.78 is 12.8. The molecule has 1 amide bonds. The highest BCUT2D eigenvalue weighted by atomic mass is 79.9. The summed E-state index contributed by atoms with van der Waals surface area (Å²) in [5.41, 5.74) is 4.29. The minimum absolute atomic E-state index is 0.0157. The number of carbonyl (C=O) groups excluding carboxylic acids is 2. The fourth-order valence-electron chi connectivity index (χ4n) is 4.88. The third-order valence-corrected chi connectivity index (χ3v) is 7.44. The number of nitrogens with zero attached hydrogens (tertiary/aromatic N) is 1. The van der Waals surface area contributed by atoms with Crippen LogP contribution in [-0.2, 0) is 13.2 Å². The zero-order chi connectivity index (χ0) is 26.6. The third kappa shape index (κ3) is 6.00. The highest BCUT2D eigenvalue weighted by Crippen LogP contribution is 2.38. The van der Waals surface area contributed by atoms with E-state index in [1.165, 1.54) is 5.56 Å². The van der Waals surface area contributed by atoms with Gasteiger partial charge in [-0.2, -0.15) is 0 Å². The Kier molecular flexibility index (Phi) is 7.95. The van der Waals surface area contributed by atoms with Crippen molar-refractivity contribution in [1.82, 2.24) is 10.2 Å². The van der Waals surface area contributed by atoms with Crippen LogP contribution in [0.5, 0.6) is 11.5 Å². The van der Waals surface area contributed by atoms with Crippen molar-refractivity contribution in [2.75, 3.05) is 13.1 Å². The minimum Gasteiger partial charge on any atom is -0.488 e. The van der Waals surface area contributed by atoms with E-state index >= 15 is 0 Å². The van der Waals surface area contributed by atoms with Gasteiger partial charge < -0.3 is 14.8 Å². The molecule has 1 saturated heterocycles. The van der Waals surface area contributed by atoms with Gasteiger partial charge in [-0.25, -0.2) is 0 Å². The number of nitrogens with one attached hydrogen (secondary N) is 1. The zero-order valence-corrected chi connectivity index (χ0v) is 23.2. The number of ether oxygens (including phenoxy) is 2. The SMILES string of the molecule is CC(C)=C1Oc2cccc(OCc3cccc(CN4CCC(NC(=O)c5ccc(Br)cc5)CC4)c3)c2C1=O. The Morgan fingerprint density at radius 2 is 1.74 bits per heavy atom. The van der Waals surface area contributed by atoms with Crippen LogP contribution in [0, 0.1) is 0 Å². The van der Waals surface area contributed by atoms with Crippen molar-refractivity contribution < 1.29 is 19.1 Å². The molecule has 2 aliphatic heterocycles. The summed E-state index contributed by atoms with van der Waals surface area (Å²) in [4.78, 5) is 27.8. The molecule has 0 radical (unpaired) electrons. The molecule has 1 N–H and O–H groups in total. The molecule has 0 aliphatic carbocycles. The Bertz CT molecular complexity index is 1370. The van der Waals surface area contributed by atoms with Gasteiger partial charge in [0.1, 0.15) is 23.7 Å². The Balaban J connectivity index is 1.14. The van der Waals surface area contributed by atoms with Gasteiger partial charge in [-0.1, -0.05) is 46.3 Å². The van der Waals surface area contributed by atoms with Crippen LogP contribution in [0.15, 0.2) is 82.5 Å². The predicted octanol–water partition coefficient (Wildman–Crippen LogP) is 6.29. The molecule has 7 heteroatoms. The topological polar surface area (TPSA) is 67.9 Å². The molecule has 196 valence electrons. The van der Waals surface area contributed by atoms with Crippen LogP contribution >= 0.6 is 15.9 Å². The Labute approximate surface area is 231 Å². The predicted molar refractivity (Wildman–Crippen MR) is 150 cm³/mol. The molecule has 1 fully saturated rings. The Hall–Kier alpha value is -3.42. The maximum Gasteiger partial charge on any atom is 0.251 e. The highest BCUT2D eigenvalue weighted by molar-refractivity contribution is 9.10. The van der Waals surface area contributed by atoms with Gasteiger partial charge in [0.05, 0.1) is 0 Å². The first kappa shape index (κ1) is 26.2. The van der Waals surface area contributed by atoms with E-state index in [-0.39, 0.29) is 17.7 Å². The van der Waals surface area contributed by atoms with Gasteiger partial charge in [0.15, 0.2) is 5.76 Å². The summed E-state index contributed by atoms with van der Waals surface area (Å²) >= 11 is 3.41. The van der Waals surface area contributed by atoms with E-state index in [1.807, 2.05) is 62.4 Å². The number of rotatable bonds is 7. The van der Waals surface area contributed by atoms with Crippen LogP contribution < -0.4 is 14.8 Å². The van der Waals surface area contributed by atoms with Gasteiger partial charge in [0.25, 0.3) is 5.91 Å². The number of ketones is 1. The first-order valence-corrected chi connectivity index (χ1v) is 13.7. The molecule has 2 heterocycles. The lowest BCUT2D eigenvalue weighted by atomic mass is 10.0. The van der Waals surface area contributed by atoms with Gasteiger partial charge in [0, 0.05) is 35.7 Å². The van der Waals surface area contributed by atoms with Crippen LogP contribution in [0.4, 0.5) is 0 Å². The summed E-state index contributed by atoms with van der Waals surface area (Å²) in [6, 6.07) is 21.5. The van der Waals surface area contributed by atoms with Crippen molar-refractivity contribution in [1.29, 1.82) is 0 Å². The molecule has 6 nitrogen and oxygen atoms in total. The maximum atomic E-state index is 12.8. The van der Waals surface area contributed by atoms with Crippen molar-refractivity contribution in [3.8, 4) is 11.5 Å². The average Bonchev–Trinajstić information content (AvgIpc) is 3.26. The van der Waals surface area contributed by atoms with Crippen molar-refractivity contribution in [2.24, 2.45) is 0 Å². The molecule has 0 bridgehead atoms. The average molecular weight is 576 g/mol. The van der Waals surface area contributed by atoms with E-state index in [9.17, 15) is 9.59 Å². The number of benzene rings is 3. The fraction of sp³-hybridized carbons (Fsp3) is 0.290. The number of hydrogen-bond acceptors (Lipinski definition) is 5. The largest absolute Gasteiger partial charge is 0.488 e. The van der Waals surface area contributed by atoms with E-state index in [2.05, 4.69) is 38.3 Å². The van der Waals surface area contributed by atoms with Crippen LogP contribution in [0.1, 0.15) is 58.5 Å². The Morgan fingerprint density at radius 1 is 1.03 bits per heavy atom. The second-order valence-corrected chi connectivity index (χ2v) is 10.9. The quantitative estimate of drug-likeness (QED) is 0.336. The molecule has 0 atom stereocenters. The van der Waals surface area contributed by atoms with E-state index < -0.39 is 0 Å². The summed E-state index contributed by atoms with van der Waals surface area (Å²) in [7, 11) is 0. The van der Waals surface area contributed by atoms with E-state index in [0.717, 1.165) is 48.1 Å². The van der Waals surface area contributed by atoms with Gasteiger partial charge in [-0.15, -0.1) is 0 Å². The highest BCUT2D eigenvalue weighted by Gasteiger charge is 2.31. The molecule has 2 aliphatic rings. The lowest BCUT2D eigenvalue weighted by Gasteiger charge is -2.32. The molecule has 0 saturated carbocycles. The normalized spacial score (nSPS) is 15.7. The standard InChI is InChI=1S/C31H31BrN2O4/c1-20(2)30-29(35)28-26(7-4-8-27(28)38-30)37-19-22-6-3-5-21(17-22)18-34-15-13-25(14-16-34)33-31(36)23-9-11-24(32)12-10-23/h3-12,17,25H,13-16,18-19H2,1-2H3,(H,33,36). The van der Waals surface area contributed by atoms with Gasteiger partial charge in [-0.3, -0.25) is 14.5 Å². The van der Waals surface area contributed by atoms with Crippen molar-refractivity contribution in [3.05, 3.63) is 105 Å². The molecule has 0 spiro atoms. The van der Waals surface area contributed by atoms with Gasteiger partial charge >= 0.3 is 0 Å². The maximum absolute atomic E-state index is 12.8. The lowest BCUT2D eigenvalue weighted by Crippen LogP contribution is -2.44. The lowest BCUT2D eigenvalue weighted by molar-refractivity contribution is 0.0908. The first-order valence-electron chi connectivity index (χ1n) is 12.9. The number of hydrogen-bond donors (Lipinski definition) is 1. The van der Waals surface area contributed by atoms with Crippen LogP contribution in [-0.4, -0.2) is 35.7 Å².